The molecular weight excluding hydrogens is 280 g/mol. The smallest absolute Gasteiger partial charge is 0.266 e. The first-order valence-corrected chi connectivity index (χ1v) is 7.27. The molecule has 2 rings (SSSR count). The maximum Gasteiger partial charge on any atom is 0.266 e. The van der Waals surface area contributed by atoms with Gasteiger partial charge in [0, 0.05) is 11.5 Å². The number of carbonyl (C=O) groups is 1. The van der Waals surface area contributed by atoms with Gasteiger partial charge >= 0.3 is 0 Å². The maximum absolute atomic E-state index is 12.1. The highest BCUT2D eigenvalue weighted by Gasteiger charge is 2.22. The number of anilines is 1. The van der Waals surface area contributed by atoms with Crippen molar-refractivity contribution in [1.82, 2.24) is 5.16 Å². The van der Waals surface area contributed by atoms with Gasteiger partial charge in [0.25, 0.3) is 5.91 Å². The van der Waals surface area contributed by atoms with E-state index in [1.165, 1.54) is 0 Å². The van der Waals surface area contributed by atoms with E-state index in [0.29, 0.717) is 11.6 Å². The van der Waals surface area contributed by atoms with E-state index < -0.39 is 6.10 Å². The highest BCUT2D eigenvalue weighted by atomic mass is 16.5. The lowest BCUT2D eigenvalue weighted by atomic mass is 9.93. The van der Waals surface area contributed by atoms with Gasteiger partial charge in [0.15, 0.2) is 11.9 Å². The first-order chi connectivity index (χ1) is 10.3. The topological polar surface area (TPSA) is 64.4 Å². The number of carbonyl (C=O) groups excluding carboxylic acids is 1. The Kier molecular flexibility index (Phi) is 4.54. The third kappa shape index (κ3) is 4.10. The number of hydrogen-bond acceptors (Lipinski definition) is 4. The summed E-state index contributed by atoms with van der Waals surface area (Å²) in [5.41, 5.74) is 0.988. The van der Waals surface area contributed by atoms with Gasteiger partial charge in [-0.15, -0.1) is 0 Å². The molecule has 0 radical (unpaired) electrons. The molecule has 0 saturated carbocycles. The van der Waals surface area contributed by atoms with E-state index in [1.54, 1.807) is 13.0 Å². The second-order valence-corrected chi connectivity index (χ2v) is 6.39. The number of amides is 1. The van der Waals surface area contributed by atoms with Crippen LogP contribution in [0, 0.1) is 6.92 Å². The molecule has 2 aromatic rings. The lowest BCUT2D eigenvalue weighted by molar-refractivity contribution is -0.122. The summed E-state index contributed by atoms with van der Waals surface area (Å²) in [6.07, 6.45) is -0.627. The Hall–Kier alpha value is -2.30. The average molecular weight is 302 g/mol. The SMILES string of the molecule is Cc1ccc(O[C@@H](C)C(=O)Nc2cc(C(C)(C)C)on2)cc1. The van der Waals surface area contributed by atoms with Crippen molar-refractivity contribution in [3.8, 4) is 5.75 Å². The molecule has 1 aromatic carbocycles. The quantitative estimate of drug-likeness (QED) is 0.935. The number of hydrogen-bond donors (Lipinski definition) is 1. The number of aromatic nitrogens is 1. The normalized spacial score (nSPS) is 12.8. The molecule has 1 heterocycles. The Morgan fingerprint density at radius 2 is 1.91 bits per heavy atom. The molecule has 0 unspecified atom stereocenters. The number of benzene rings is 1. The monoisotopic (exact) mass is 302 g/mol. The summed E-state index contributed by atoms with van der Waals surface area (Å²) >= 11 is 0. The third-order valence-corrected chi connectivity index (χ3v) is 3.20. The van der Waals surface area contributed by atoms with Crippen LogP contribution in [-0.4, -0.2) is 17.2 Å². The molecule has 118 valence electrons. The van der Waals surface area contributed by atoms with E-state index in [4.69, 9.17) is 9.26 Å². The van der Waals surface area contributed by atoms with E-state index >= 15 is 0 Å². The van der Waals surface area contributed by atoms with Crippen molar-refractivity contribution in [3.63, 3.8) is 0 Å². The highest BCUT2D eigenvalue weighted by Crippen LogP contribution is 2.24. The van der Waals surface area contributed by atoms with Crippen LogP contribution >= 0.6 is 0 Å². The zero-order valence-corrected chi connectivity index (χ0v) is 13.6. The Morgan fingerprint density at radius 3 is 2.45 bits per heavy atom. The maximum atomic E-state index is 12.1. The number of ether oxygens (including phenoxy) is 1. The van der Waals surface area contributed by atoms with Crippen molar-refractivity contribution in [2.45, 2.75) is 46.1 Å². The molecule has 0 aliphatic rings. The second kappa shape index (κ2) is 6.22. The largest absolute Gasteiger partial charge is 0.481 e. The summed E-state index contributed by atoms with van der Waals surface area (Å²) in [5, 5.41) is 6.56. The van der Waals surface area contributed by atoms with Gasteiger partial charge < -0.3 is 14.6 Å². The van der Waals surface area contributed by atoms with Crippen molar-refractivity contribution >= 4 is 11.7 Å². The van der Waals surface area contributed by atoms with Crippen molar-refractivity contribution < 1.29 is 14.1 Å². The van der Waals surface area contributed by atoms with Crippen LogP contribution in [0.2, 0.25) is 0 Å². The predicted octanol–water partition coefficient (Wildman–Crippen LogP) is 3.69. The molecule has 0 fully saturated rings. The van der Waals surface area contributed by atoms with E-state index in [9.17, 15) is 4.79 Å². The highest BCUT2D eigenvalue weighted by molar-refractivity contribution is 5.93. The van der Waals surface area contributed by atoms with E-state index in [1.807, 2.05) is 52.0 Å². The van der Waals surface area contributed by atoms with Crippen LogP contribution in [0.3, 0.4) is 0 Å². The summed E-state index contributed by atoms with van der Waals surface area (Å²) in [6.45, 7) is 9.74. The molecule has 1 aromatic heterocycles. The average Bonchev–Trinajstić information content (AvgIpc) is 2.90. The van der Waals surface area contributed by atoms with Crippen LogP contribution in [0.5, 0.6) is 5.75 Å². The zero-order chi connectivity index (χ0) is 16.3. The fraction of sp³-hybridized carbons (Fsp3) is 0.412. The number of nitrogens with zero attached hydrogens (tertiary/aromatic N) is 1. The van der Waals surface area contributed by atoms with Crippen molar-refractivity contribution in [3.05, 3.63) is 41.7 Å². The van der Waals surface area contributed by atoms with E-state index in [0.717, 1.165) is 11.3 Å². The second-order valence-electron chi connectivity index (χ2n) is 6.39. The Morgan fingerprint density at radius 1 is 1.27 bits per heavy atom. The molecular formula is C17H22N2O3. The van der Waals surface area contributed by atoms with Crippen molar-refractivity contribution in [2.75, 3.05) is 5.32 Å². The number of aryl methyl sites for hydroxylation is 1. The molecule has 0 aliphatic heterocycles. The lowest BCUT2D eigenvalue weighted by Gasteiger charge is -2.14. The first kappa shape index (κ1) is 16.1. The molecule has 0 aliphatic carbocycles. The van der Waals surface area contributed by atoms with Gasteiger partial charge in [-0.2, -0.15) is 0 Å². The van der Waals surface area contributed by atoms with E-state index in [-0.39, 0.29) is 11.3 Å². The van der Waals surface area contributed by atoms with Crippen LogP contribution in [0.15, 0.2) is 34.9 Å². The molecule has 0 bridgehead atoms. The van der Waals surface area contributed by atoms with Gasteiger partial charge in [-0.05, 0) is 26.0 Å². The van der Waals surface area contributed by atoms with Gasteiger partial charge in [0.2, 0.25) is 0 Å². The molecule has 1 atom stereocenters. The summed E-state index contributed by atoms with van der Waals surface area (Å²) in [4.78, 5) is 12.1. The fourth-order valence-electron chi connectivity index (χ4n) is 1.79. The van der Waals surface area contributed by atoms with Gasteiger partial charge in [0.1, 0.15) is 11.5 Å². The summed E-state index contributed by atoms with van der Waals surface area (Å²) < 4.78 is 10.8. The van der Waals surface area contributed by atoms with Crippen LogP contribution in [0.4, 0.5) is 5.82 Å². The standard InChI is InChI=1S/C17H22N2O3/c1-11-6-8-13(9-7-11)21-12(2)16(20)18-15-10-14(22-19-15)17(3,4)5/h6-10,12H,1-5H3,(H,18,19,20)/t12-/m0/s1. The summed E-state index contributed by atoms with van der Waals surface area (Å²) in [7, 11) is 0. The van der Waals surface area contributed by atoms with Crippen LogP contribution in [0.25, 0.3) is 0 Å². The van der Waals surface area contributed by atoms with Crippen LogP contribution in [0.1, 0.15) is 39.0 Å². The Bertz CT molecular complexity index is 639. The lowest BCUT2D eigenvalue weighted by Crippen LogP contribution is -2.30. The van der Waals surface area contributed by atoms with Gasteiger partial charge in [0.05, 0.1) is 0 Å². The van der Waals surface area contributed by atoms with Crippen molar-refractivity contribution in [2.24, 2.45) is 0 Å². The zero-order valence-electron chi connectivity index (χ0n) is 13.6. The number of rotatable bonds is 4. The first-order valence-electron chi connectivity index (χ1n) is 7.27. The minimum absolute atomic E-state index is 0.153. The fourth-order valence-corrected chi connectivity index (χ4v) is 1.79. The minimum atomic E-state index is -0.627. The van der Waals surface area contributed by atoms with Crippen LogP contribution in [-0.2, 0) is 10.2 Å². The molecule has 5 heteroatoms. The van der Waals surface area contributed by atoms with E-state index in [2.05, 4.69) is 10.5 Å². The Balaban J connectivity index is 1.96. The molecule has 0 saturated heterocycles. The molecule has 1 amide bonds. The molecule has 0 spiro atoms. The summed E-state index contributed by atoms with van der Waals surface area (Å²) in [6, 6.07) is 9.29. The predicted molar refractivity (Wildman–Crippen MR) is 85.1 cm³/mol. The van der Waals surface area contributed by atoms with Crippen molar-refractivity contribution in [1.29, 1.82) is 0 Å². The number of nitrogens with one attached hydrogen (secondary N) is 1. The third-order valence-electron chi connectivity index (χ3n) is 3.20. The molecule has 5 nitrogen and oxygen atoms in total. The summed E-state index contributed by atoms with van der Waals surface area (Å²) in [5.74, 6) is 1.50. The molecule has 1 N–H and O–H groups in total. The minimum Gasteiger partial charge on any atom is -0.481 e. The van der Waals surface area contributed by atoms with Gasteiger partial charge in [-0.3, -0.25) is 4.79 Å². The van der Waals surface area contributed by atoms with Crippen LogP contribution < -0.4 is 10.1 Å². The van der Waals surface area contributed by atoms with Gasteiger partial charge in [-0.1, -0.05) is 43.6 Å². The Labute approximate surface area is 130 Å². The van der Waals surface area contributed by atoms with Gasteiger partial charge in [-0.25, -0.2) is 0 Å². The molecule has 22 heavy (non-hydrogen) atoms.